The molecule has 7 heteroatoms. The number of nitrogens with one attached hydrogen (secondary N) is 2. The standard InChI is InChI=1S/C21H24ClN3O2.ClH/c22-17-9-5-4-8-16(17)21(27)25-19(15-6-2-1-3-7-15)12-20(26)24-13-18(23)14-10-11-14;/h1-9,14,18-19H,10-13,23H2,(H,24,26)(H,25,27);1H. The lowest BCUT2D eigenvalue weighted by Crippen LogP contribution is -2.40. The molecule has 0 spiro atoms. The van der Waals surface area contributed by atoms with E-state index in [4.69, 9.17) is 17.3 Å². The van der Waals surface area contributed by atoms with Gasteiger partial charge in [-0.3, -0.25) is 9.59 Å². The maximum atomic E-state index is 12.6. The summed E-state index contributed by atoms with van der Waals surface area (Å²) in [6, 6.07) is 15.8. The zero-order chi connectivity index (χ0) is 19.2. The Morgan fingerprint density at radius 2 is 1.71 bits per heavy atom. The van der Waals surface area contributed by atoms with Crippen LogP contribution in [0.1, 0.15) is 41.2 Å². The first kappa shape index (κ1) is 22.2. The number of halogens is 2. The van der Waals surface area contributed by atoms with Gasteiger partial charge in [0.1, 0.15) is 0 Å². The molecule has 0 aromatic heterocycles. The number of amides is 2. The third-order valence-electron chi connectivity index (χ3n) is 4.78. The van der Waals surface area contributed by atoms with E-state index in [-0.39, 0.29) is 36.7 Å². The van der Waals surface area contributed by atoms with E-state index in [1.807, 2.05) is 30.3 Å². The Morgan fingerprint density at radius 1 is 1.07 bits per heavy atom. The van der Waals surface area contributed by atoms with Crippen LogP contribution in [0.4, 0.5) is 0 Å². The van der Waals surface area contributed by atoms with Gasteiger partial charge < -0.3 is 16.4 Å². The second kappa shape index (κ2) is 10.5. The summed E-state index contributed by atoms with van der Waals surface area (Å²) in [6.45, 7) is 0.462. The fourth-order valence-electron chi connectivity index (χ4n) is 3.00. The third-order valence-corrected chi connectivity index (χ3v) is 5.11. The molecule has 0 bridgehead atoms. The first-order valence-corrected chi connectivity index (χ1v) is 9.55. The van der Waals surface area contributed by atoms with E-state index in [2.05, 4.69) is 10.6 Å². The first-order valence-electron chi connectivity index (χ1n) is 9.17. The Bertz CT molecular complexity index is 797. The fraction of sp³-hybridized carbons (Fsp3) is 0.333. The van der Waals surface area contributed by atoms with Gasteiger partial charge in [-0.2, -0.15) is 0 Å². The van der Waals surface area contributed by atoms with Crippen LogP contribution < -0.4 is 16.4 Å². The molecule has 150 valence electrons. The van der Waals surface area contributed by atoms with Gasteiger partial charge in [-0.15, -0.1) is 12.4 Å². The summed E-state index contributed by atoms with van der Waals surface area (Å²) in [6.07, 6.45) is 2.41. The number of carbonyl (C=O) groups excluding carboxylic acids is 2. The van der Waals surface area contributed by atoms with Gasteiger partial charge >= 0.3 is 0 Å². The van der Waals surface area contributed by atoms with Gasteiger partial charge in [0.2, 0.25) is 5.91 Å². The Balaban J connectivity index is 0.00000280. The number of rotatable bonds is 8. The third kappa shape index (κ3) is 6.23. The van der Waals surface area contributed by atoms with E-state index in [0.29, 0.717) is 23.0 Å². The Labute approximate surface area is 176 Å². The average molecular weight is 422 g/mol. The van der Waals surface area contributed by atoms with Crippen LogP contribution in [0.15, 0.2) is 54.6 Å². The largest absolute Gasteiger partial charge is 0.354 e. The molecular formula is C21H25Cl2N3O2. The minimum Gasteiger partial charge on any atom is -0.354 e. The maximum Gasteiger partial charge on any atom is 0.253 e. The van der Waals surface area contributed by atoms with Crippen molar-refractivity contribution in [3.8, 4) is 0 Å². The van der Waals surface area contributed by atoms with E-state index in [9.17, 15) is 9.59 Å². The predicted molar refractivity (Wildman–Crippen MR) is 114 cm³/mol. The molecule has 0 saturated heterocycles. The van der Waals surface area contributed by atoms with Crippen LogP contribution in [0.5, 0.6) is 0 Å². The quantitative estimate of drug-likeness (QED) is 0.609. The lowest BCUT2D eigenvalue weighted by Gasteiger charge is -2.20. The molecule has 0 heterocycles. The summed E-state index contributed by atoms with van der Waals surface area (Å²) in [4.78, 5) is 25.1. The molecule has 3 rings (SSSR count). The number of hydrogen-bond donors (Lipinski definition) is 3. The van der Waals surface area contributed by atoms with Crippen LogP contribution in [0.25, 0.3) is 0 Å². The molecule has 0 radical (unpaired) electrons. The van der Waals surface area contributed by atoms with E-state index in [1.54, 1.807) is 24.3 Å². The summed E-state index contributed by atoms with van der Waals surface area (Å²) in [5.41, 5.74) is 7.29. The normalized spacial score (nSPS) is 15.1. The topological polar surface area (TPSA) is 84.2 Å². The van der Waals surface area contributed by atoms with Crippen LogP contribution in [0, 0.1) is 5.92 Å². The summed E-state index contributed by atoms with van der Waals surface area (Å²) in [5, 5.41) is 6.19. The highest BCUT2D eigenvalue weighted by molar-refractivity contribution is 6.33. The first-order chi connectivity index (χ1) is 13.0. The molecule has 2 atom stereocenters. The molecule has 2 amide bonds. The van der Waals surface area contributed by atoms with E-state index < -0.39 is 6.04 Å². The average Bonchev–Trinajstić information content (AvgIpc) is 3.52. The number of hydrogen-bond acceptors (Lipinski definition) is 3. The van der Waals surface area contributed by atoms with Crippen molar-refractivity contribution < 1.29 is 9.59 Å². The molecule has 1 saturated carbocycles. The highest BCUT2D eigenvalue weighted by Crippen LogP contribution is 2.31. The zero-order valence-corrected chi connectivity index (χ0v) is 17.0. The zero-order valence-electron chi connectivity index (χ0n) is 15.4. The molecule has 2 aromatic rings. The van der Waals surface area contributed by atoms with Crippen molar-refractivity contribution in [3.63, 3.8) is 0 Å². The lowest BCUT2D eigenvalue weighted by molar-refractivity contribution is -0.121. The summed E-state index contributed by atoms with van der Waals surface area (Å²) < 4.78 is 0. The van der Waals surface area contributed by atoms with Gasteiger partial charge in [-0.05, 0) is 36.5 Å². The van der Waals surface area contributed by atoms with E-state index >= 15 is 0 Å². The number of nitrogens with two attached hydrogens (primary N) is 1. The molecule has 28 heavy (non-hydrogen) atoms. The van der Waals surface area contributed by atoms with Crippen LogP contribution in [0.3, 0.4) is 0 Å². The molecule has 2 aromatic carbocycles. The van der Waals surface area contributed by atoms with Crippen molar-refractivity contribution in [1.82, 2.24) is 10.6 Å². The van der Waals surface area contributed by atoms with Gasteiger partial charge in [0.05, 0.1) is 23.0 Å². The van der Waals surface area contributed by atoms with Gasteiger partial charge in [0, 0.05) is 12.6 Å². The fourth-order valence-corrected chi connectivity index (χ4v) is 3.22. The van der Waals surface area contributed by atoms with Crippen molar-refractivity contribution in [1.29, 1.82) is 0 Å². The Hall–Kier alpha value is -2.08. The number of benzene rings is 2. The molecule has 1 aliphatic carbocycles. The van der Waals surface area contributed by atoms with E-state index in [1.165, 1.54) is 0 Å². The summed E-state index contributed by atoms with van der Waals surface area (Å²) in [5.74, 6) is 0.0755. The second-order valence-electron chi connectivity index (χ2n) is 6.93. The summed E-state index contributed by atoms with van der Waals surface area (Å²) >= 11 is 6.12. The van der Waals surface area contributed by atoms with Crippen LogP contribution in [0.2, 0.25) is 5.02 Å². The lowest BCUT2D eigenvalue weighted by atomic mass is 10.0. The van der Waals surface area contributed by atoms with Crippen molar-refractivity contribution in [2.75, 3.05) is 6.54 Å². The van der Waals surface area contributed by atoms with Crippen molar-refractivity contribution in [2.45, 2.75) is 31.3 Å². The maximum absolute atomic E-state index is 12.6. The predicted octanol–water partition coefficient (Wildman–Crippen LogP) is 3.48. The second-order valence-corrected chi connectivity index (χ2v) is 7.33. The molecular weight excluding hydrogens is 397 g/mol. The van der Waals surface area contributed by atoms with Crippen LogP contribution >= 0.6 is 24.0 Å². The van der Waals surface area contributed by atoms with E-state index in [0.717, 1.165) is 18.4 Å². The minimum atomic E-state index is -0.452. The molecule has 0 aliphatic heterocycles. The molecule has 1 fully saturated rings. The molecule has 4 N–H and O–H groups in total. The smallest absolute Gasteiger partial charge is 0.253 e. The SMILES string of the molecule is Cl.NC(CNC(=O)CC(NC(=O)c1ccccc1Cl)c1ccccc1)C1CC1. The van der Waals surface area contributed by atoms with Crippen LogP contribution in [-0.4, -0.2) is 24.4 Å². The van der Waals surface area contributed by atoms with Gasteiger partial charge in [-0.25, -0.2) is 0 Å². The minimum absolute atomic E-state index is 0. The van der Waals surface area contributed by atoms with Crippen molar-refractivity contribution in [2.24, 2.45) is 11.7 Å². The summed E-state index contributed by atoms with van der Waals surface area (Å²) in [7, 11) is 0. The molecule has 2 unspecified atom stereocenters. The van der Waals surface area contributed by atoms with Crippen molar-refractivity contribution >= 4 is 35.8 Å². The van der Waals surface area contributed by atoms with Gasteiger partial charge in [0.15, 0.2) is 0 Å². The molecule has 1 aliphatic rings. The van der Waals surface area contributed by atoms with Crippen LogP contribution in [-0.2, 0) is 4.79 Å². The van der Waals surface area contributed by atoms with Crippen molar-refractivity contribution in [3.05, 3.63) is 70.7 Å². The Morgan fingerprint density at radius 3 is 2.36 bits per heavy atom. The van der Waals surface area contributed by atoms with Gasteiger partial charge in [0.25, 0.3) is 5.91 Å². The highest BCUT2D eigenvalue weighted by Gasteiger charge is 2.28. The number of carbonyl (C=O) groups is 2. The monoisotopic (exact) mass is 421 g/mol. The molecule has 5 nitrogen and oxygen atoms in total. The Kier molecular flexibility index (Phi) is 8.30. The van der Waals surface area contributed by atoms with Gasteiger partial charge in [-0.1, -0.05) is 54.1 Å². The highest BCUT2D eigenvalue weighted by atomic mass is 35.5.